The Labute approximate surface area is 212 Å². The van der Waals surface area contributed by atoms with Crippen LogP contribution in [0.5, 0.6) is 0 Å². The number of amides is 2. The van der Waals surface area contributed by atoms with E-state index >= 15 is 0 Å². The molecular formula is C28H47N3O4. The lowest BCUT2D eigenvalue weighted by Crippen LogP contribution is -2.59. The van der Waals surface area contributed by atoms with E-state index in [1.54, 1.807) is 34.0 Å². The van der Waals surface area contributed by atoms with E-state index in [1.165, 1.54) is 11.3 Å². The molecule has 0 aliphatic carbocycles. The molecule has 2 N–H and O–H groups in total. The summed E-state index contributed by atoms with van der Waals surface area (Å²) < 4.78 is 4.97. The lowest BCUT2D eigenvalue weighted by Gasteiger charge is -2.35. The van der Waals surface area contributed by atoms with Crippen LogP contribution in [0.15, 0.2) is 35.9 Å². The smallest absolute Gasteiger partial charge is 0.333 e. The van der Waals surface area contributed by atoms with Crippen LogP contribution in [0, 0.1) is 12.8 Å². The third-order valence-corrected chi connectivity index (χ3v) is 5.72. The highest BCUT2D eigenvalue weighted by atomic mass is 16.5. The zero-order chi connectivity index (χ0) is 27.2. The summed E-state index contributed by atoms with van der Waals surface area (Å²) in [6.07, 6.45) is 3.43. The minimum Gasteiger partial charge on any atom is -0.463 e. The van der Waals surface area contributed by atoms with E-state index in [4.69, 9.17) is 4.74 Å². The van der Waals surface area contributed by atoms with E-state index in [2.05, 4.69) is 24.5 Å². The first-order valence-electron chi connectivity index (χ1n) is 12.6. The largest absolute Gasteiger partial charge is 0.463 e. The number of benzene rings is 1. The second-order valence-electron chi connectivity index (χ2n) is 9.11. The minimum atomic E-state index is -0.946. The maximum Gasteiger partial charge on any atom is 0.333 e. The molecule has 0 bridgehead atoms. The van der Waals surface area contributed by atoms with Crippen LogP contribution in [0.1, 0.15) is 72.4 Å². The summed E-state index contributed by atoms with van der Waals surface area (Å²) in [5, 5.41) is 6.17. The number of ether oxygens (including phenoxy) is 1. The van der Waals surface area contributed by atoms with Gasteiger partial charge in [0.2, 0.25) is 11.8 Å². The van der Waals surface area contributed by atoms with Crippen LogP contribution in [0.25, 0.3) is 0 Å². The average Bonchev–Trinajstić information content (AvgIpc) is 2.82. The van der Waals surface area contributed by atoms with E-state index < -0.39 is 17.6 Å². The zero-order valence-electron chi connectivity index (χ0n) is 23.5. The van der Waals surface area contributed by atoms with Crippen LogP contribution in [0.2, 0.25) is 0 Å². The number of nitrogens with one attached hydrogen (secondary N) is 2. The van der Waals surface area contributed by atoms with Crippen molar-refractivity contribution in [2.45, 2.75) is 79.8 Å². The molecule has 35 heavy (non-hydrogen) atoms. The number of hydrogen-bond donors (Lipinski definition) is 2. The number of aryl methyl sites for hydroxylation is 1. The Morgan fingerprint density at radius 2 is 1.74 bits per heavy atom. The Hall–Kier alpha value is -2.67. The molecule has 2 amide bonds. The molecule has 1 aromatic rings. The zero-order valence-corrected chi connectivity index (χ0v) is 23.5. The Morgan fingerprint density at radius 1 is 1.14 bits per heavy atom. The molecule has 0 aromatic heterocycles. The molecule has 0 aliphatic heterocycles. The quantitative estimate of drug-likeness (QED) is 0.357. The molecule has 0 saturated heterocycles. The van der Waals surface area contributed by atoms with Crippen molar-refractivity contribution in [1.82, 2.24) is 15.5 Å². The van der Waals surface area contributed by atoms with Gasteiger partial charge < -0.3 is 20.3 Å². The summed E-state index contributed by atoms with van der Waals surface area (Å²) >= 11 is 0. The summed E-state index contributed by atoms with van der Waals surface area (Å²) in [6, 6.07) is 7.12. The highest BCUT2D eigenvalue weighted by Gasteiger charge is 2.40. The first-order chi connectivity index (χ1) is 16.4. The van der Waals surface area contributed by atoms with E-state index in [0.29, 0.717) is 18.6 Å². The van der Waals surface area contributed by atoms with Crippen molar-refractivity contribution in [2.75, 3.05) is 27.2 Å². The van der Waals surface area contributed by atoms with E-state index in [-0.39, 0.29) is 24.3 Å². The van der Waals surface area contributed by atoms with Crippen LogP contribution in [0.3, 0.4) is 0 Å². The third kappa shape index (κ3) is 9.48. The van der Waals surface area contributed by atoms with Crippen molar-refractivity contribution >= 4 is 17.8 Å². The second kappa shape index (κ2) is 16.1. The Morgan fingerprint density at radius 3 is 2.20 bits per heavy atom. The summed E-state index contributed by atoms with van der Waals surface area (Å²) in [6.45, 7) is 15.9. The van der Waals surface area contributed by atoms with Gasteiger partial charge in [0.25, 0.3) is 0 Å². The van der Waals surface area contributed by atoms with Crippen LogP contribution in [-0.4, -0.2) is 56.0 Å². The number of nitrogens with zero attached hydrogens (tertiary/aromatic N) is 1. The van der Waals surface area contributed by atoms with Gasteiger partial charge in [-0.2, -0.15) is 0 Å². The summed E-state index contributed by atoms with van der Waals surface area (Å²) in [4.78, 5) is 40.0. The molecule has 0 spiro atoms. The predicted octanol–water partition coefficient (Wildman–Crippen LogP) is 4.34. The lowest BCUT2D eigenvalue weighted by molar-refractivity contribution is -0.139. The Kier molecular flexibility index (Phi) is 14.9. The van der Waals surface area contributed by atoms with Gasteiger partial charge in [-0.3, -0.25) is 9.59 Å². The number of carbonyl (C=O) groups is 3. The number of hydrogen-bond acceptors (Lipinski definition) is 5. The van der Waals surface area contributed by atoms with Gasteiger partial charge in [0, 0.05) is 19.2 Å². The molecule has 0 aliphatic rings. The first-order valence-corrected chi connectivity index (χ1v) is 12.6. The molecule has 0 fully saturated rings. The molecular weight excluding hydrogens is 442 g/mol. The number of likely N-dealkylation sites (N-methyl/N-ethyl adjacent to an activating group) is 2. The van der Waals surface area contributed by atoms with Crippen molar-refractivity contribution in [3.63, 3.8) is 0 Å². The third-order valence-electron chi connectivity index (χ3n) is 5.72. The predicted molar refractivity (Wildman–Crippen MR) is 143 cm³/mol. The lowest BCUT2D eigenvalue weighted by atomic mass is 9.85. The molecule has 1 rings (SSSR count). The fourth-order valence-electron chi connectivity index (χ4n) is 3.55. The highest BCUT2D eigenvalue weighted by Crippen LogP contribution is 2.26. The maximum absolute atomic E-state index is 13.5. The first kappa shape index (κ1) is 32.3. The fraction of sp³-hybridized carbons (Fsp3) is 0.607. The second-order valence-corrected chi connectivity index (χ2v) is 9.11. The maximum atomic E-state index is 13.5. The highest BCUT2D eigenvalue weighted by molar-refractivity contribution is 5.93. The van der Waals surface area contributed by atoms with Crippen LogP contribution in [-0.2, 0) is 24.7 Å². The van der Waals surface area contributed by atoms with Gasteiger partial charge in [-0.25, -0.2) is 4.79 Å². The van der Waals surface area contributed by atoms with Crippen molar-refractivity contribution in [3.8, 4) is 0 Å². The normalized spacial score (nSPS) is 13.7. The summed E-state index contributed by atoms with van der Waals surface area (Å²) in [5.74, 6) is -0.978. The number of esters is 1. The van der Waals surface area contributed by atoms with Crippen molar-refractivity contribution < 1.29 is 19.1 Å². The van der Waals surface area contributed by atoms with E-state index in [9.17, 15) is 14.4 Å². The molecule has 7 heteroatoms. The molecule has 2 unspecified atom stereocenters. The molecule has 0 saturated carbocycles. The van der Waals surface area contributed by atoms with Gasteiger partial charge in [-0.05, 0) is 45.7 Å². The molecule has 198 valence electrons. The standard InChI is InChI=1S/C25H39N3O4.C3H8/c1-9-25(26-7,20-13-11-12-18(5)16-20)24(31)27-21(17(3)4)22(29)28(8)15-14-19(6)23(30)32-10-2;1-3-2/h11-14,16-17,21,26H,9-10,15H2,1-8H3,(H,27,31);3H2,1-2H3/b19-14+;. The van der Waals surface area contributed by atoms with E-state index in [1.807, 2.05) is 52.0 Å². The summed E-state index contributed by atoms with van der Waals surface area (Å²) in [7, 11) is 3.41. The van der Waals surface area contributed by atoms with Gasteiger partial charge >= 0.3 is 5.97 Å². The van der Waals surface area contributed by atoms with Gasteiger partial charge in [0.1, 0.15) is 11.6 Å². The summed E-state index contributed by atoms with van der Waals surface area (Å²) in [5.41, 5.74) is 1.41. The molecule has 1 aromatic carbocycles. The van der Waals surface area contributed by atoms with Crippen LogP contribution < -0.4 is 10.6 Å². The van der Waals surface area contributed by atoms with Crippen molar-refractivity contribution in [2.24, 2.45) is 5.92 Å². The SMILES string of the molecule is CCC.CCOC(=O)/C(C)=C/CN(C)C(=O)C(NC(=O)C(CC)(NC)c1cccc(C)c1)C(C)C. The minimum absolute atomic E-state index is 0.118. The molecule has 0 heterocycles. The van der Waals surface area contributed by atoms with Gasteiger partial charge in [-0.1, -0.05) is 76.9 Å². The Balaban J connectivity index is 0.00000365. The fourth-order valence-corrected chi connectivity index (χ4v) is 3.55. The van der Waals surface area contributed by atoms with Gasteiger partial charge in [-0.15, -0.1) is 0 Å². The van der Waals surface area contributed by atoms with Crippen molar-refractivity contribution in [1.29, 1.82) is 0 Å². The van der Waals surface area contributed by atoms with Gasteiger partial charge in [0.15, 0.2) is 0 Å². The monoisotopic (exact) mass is 489 g/mol. The molecule has 7 nitrogen and oxygen atoms in total. The van der Waals surface area contributed by atoms with E-state index in [0.717, 1.165) is 11.1 Å². The van der Waals surface area contributed by atoms with Gasteiger partial charge in [0.05, 0.1) is 6.61 Å². The number of rotatable bonds is 11. The molecule has 0 radical (unpaired) electrons. The van der Waals surface area contributed by atoms with Crippen LogP contribution >= 0.6 is 0 Å². The Bertz CT molecular complexity index is 844. The topological polar surface area (TPSA) is 87.7 Å². The molecule has 2 atom stereocenters. The van der Waals surface area contributed by atoms with Crippen molar-refractivity contribution in [3.05, 3.63) is 47.0 Å². The van der Waals surface area contributed by atoms with Crippen LogP contribution in [0.4, 0.5) is 0 Å². The average molecular weight is 490 g/mol. The number of carbonyl (C=O) groups excluding carboxylic acids is 3.